The van der Waals surface area contributed by atoms with Crippen LogP contribution in [0.5, 0.6) is 11.5 Å². The van der Waals surface area contributed by atoms with Gasteiger partial charge in [-0.15, -0.1) is 0 Å². The van der Waals surface area contributed by atoms with Crippen LogP contribution in [-0.4, -0.2) is 33.9 Å². The number of hydrogen-bond donors (Lipinski definition) is 1. The van der Waals surface area contributed by atoms with Gasteiger partial charge in [0.1, 0.15) is 24.7 Å². The molecule has 6 heteroatoms. The van der Waals surface area contributed by atoms with Crippen LogP contribution < -0.4 is 19.8 Å². The average molecular weight is 567 g/mol. The normalized spacial score (nSPS) is 11.4. The van der Waals surface area contributed by atoms with Gasteiger partial charge in [0.2, 0.25) is 0 Å². The van der Waals surface area contributed by atoms with Crippen molar-refractivity contribution in [1.29, 1.82) is 0 Å². The van der Waals surface area contributed by atoms with Crippen LogP contribution in [0.3, 0.4) is 0 Å². The number of aliphatic hydroxyl groups is 1. The van der Waals surface area contributed by atoms with Gasteiger partial charge in [0, 0.05) is 13.2 Å². The molecule has 1 N–H and O–H groups in total. The average Bonchev–Trinajstić information content (AvgIpc) is 2.99. The summed E-state index contributed by atoms with van der Waals surface area (Å²) in [7, 11) is -1.24. The van der Waals surface area contributed by atoms with E-state index in [1.165, 1.54) is 10.4 Å². The van der Waals surface area contributed by atoms with Crippen LogP contribution in [-0.2, 0) is 22.4 Å². The van der Waals surface area contributed by atoms with Crippen molar-refractivity contribution in [2.45, 2.75) is 39.0 Å². The van der Waals surface area contributed by atoms with E-state index in [0.29, 0.717) is 23.7 Å². The Bertz CT molecular complexity index is 1400. The Kier molecular flexibility index (Phi) is 10.4. The molecule has 0 fully saturated rings. The molecule has 4 rings (SSSR count). The van der Waals surface area contributed by atoms with Crippen molar-refractivity contribution in [2.75, 3.05) is 20.5 Å². The maximum Gasteiger partial charge on any atom is 0.261 e. The van der Waals surface area contributed by atoms with Crippen LogP contribution in [0, 0.1) is 11.8 Å². The Morgan fingerprint density at radius 1 is 0.756 bits per heavy atom. The molecule has 0 saturated carbocycles. The van der Waals surface area contributed by atoms with E-state index in [2.05, 4.69) is 81.1 Å². The van der Waals surface area contributed by atoms with Gasteiger partial charge in [0.25, 0.3) is 8.32 Å². The lowest BCUT2D eigenvalue weighted by molar-refractivity contribution is 0.0508. The van der Waals surface area contributed by atoms with Gasteiger partial charge in [-0.05, 0) is 32.6 Å². The molecule has 0 radical (unpaired) electrons. The molecule has 0 unspecified atom stereocenters. The zero-order valence-corrected chi connectivity index (χ0v) is 25.2. The summed E-state index contributed by atoms with van der Waals surface area (Å²) in [6, 6.07) is 34.7. The highest BCUT2D eigenvalue weighted by Crippen LogP contribution is 2.38. The minimum absolute atomic E-state index is 0.0921. The molecule has 5 nitrogen and oxygen atoms in total. The SMILES string of the molecule is COCOc1cc(CO[Si](c2ccccc2)(c2ccccc2)C(C)(C)C)c(C#CCO)c(OCc2ccccc2)c1. The number of hydrogen-bond acceptors (Lipinski definition) is 5. The van der Waals surface area contributed by atoms with Crippen LogP contribution in [0.1, 0.15) is 37.5 Å². The number of ether oxygens (including phenoxy) is 3. The van der Waals surface area contributed by atoms with E-state index in [0.717, 1.165) is 11.1 Å². The minimum Gasteiger partial charge on any atom is -0.487 e. The smallest absolute Gasteiger partial charge is 0.261 e. The van der Waals surface area contributed by atoms with E-state index in [1.807, 2.05) is 54.6 Å². The first-order valence-electron chi connectivity index (χ1n) is 13.7. The highest BCUT2D eigenvalue weighted by atomic mass is 28.4. The number of benzene rings is 4. The summed E-state index contributed by atoms with van der Waals surface area (Å²) in [5.41, 5.74) is 2.51. The molecule has 4 aromatic carbocycles. The molecule has 0 saturated heterocycles. The number of aliphatic hydroxyl groups excluding tert-OH is 1. The lowest BCUT2D eigenvalue weighted by Gasteiger charge is -2.43. The Morgan fingerprint density at radius 3 is 1.88 bits per heavy atom. The van der Waals surface area contributed by atoms with E-state index in [-0.39, 0.29) is 25.0 Å². The van der Waals surface area contributed by atoms with Gasteiger partial charge in [0.15, 0.2) is 6.79 Å². The van der Waals surface area contributed by atoms with Crippen LogP contribution in [0.4, 0.5) is 0 Å². The second-order valence-corrected chi connectivity index (χ2v) is 15.0. The number of rotatable bonds is 11. The molecular weight excluding hydrogens is 528 g/mol. The fourth-order valence-electron chi connectivity index (χ4n) is 5.04. The fourth-order valence-corrected chi connectivity index (χ4v) is 9.56. The Hall–Kier alpha value is -3.86. The van der Waals surface area contributed by atoms with Crippen molar-refractivity contribution in [3.8, 4) is 23.3 Å². The van der Waals surface area contributed by atoms with Crippen LogP contribution >= 0.6 is 0 Å². The first-order chi connectivity index (χ1) is 19.9. The summed E-state index contributed by atoms with van der Waals surface area (Å²) in [4.78, 5) is 0. The van der Waals surface area contributed by atoms with Gasteiger partial charge in [0.05, 0.1) is 12.2 Å². The fraction of sp³-hybridized carbons (Fsp3) is 0.257. The largest absolute Gasteiger partial charge is 0.487 e. The molecule has 0 bridgehead atoms. The minimum atomic E-state index is -2.82. The van der Waals surface area contributed by atoms with Crippen LogP contribution in [0.2, 0.25) is 5.04 Å². The monoisotopic (exact) mass is 566 g/mol. The van der Waals surface area contributed by atoms with Crippen molar-refractivity contribution < 1.29 is 23.7 Å². The van der Waals surface area contributed by atoms with Gasteiger partial charge >= 0.3 is 0 Å². The Morgan fingerprint density at radius 2 is 1.34 bits per heavy atom. The third kappa shape index (κ3) is 7.26. The number of methoxy groups -OCH3 is 1. The molecule has 0 aliphatic carbocycles. The molecule has 0 aliphatic rings. The summed E-state index contributed by atoms with van der Waals surface area (Å²) < 4.78 is 24.6. The van der Waals surface area contributed by atoms with Crippen molar-refractivity contribution in [1.82, 2.24) is 0 Å². The van der Waals surface area contributed by atoms with E-state index in [4.69, 9.17) is 18.6 Å². The third-order valence-electron chi connectivity index (χ3n) is 6.89. The summed E-state index contributed by atoms with van der Waals surface area (Å²) in [6.45, 7) is 7.20. The van der Waals surface area contributed by atoms with Gasteiger partial charge < -0.3 is 23.7 Å². The molecule has 0 amide bonds. The zero-order valence-electron chi connectivity index (χ0n) is 24.2. The predicted octanol–water partition coefficient (Wildman–Crippen LogP) is 5.67. The molecule has 0 heterocycles. The van der Waals surface area contributed by atoms with Crippen molar-refractivity contribution in [3.05, 3.63) is 120 Å². The molecule has 41 heavy (non-hydrogen) atoms. The summed E-state index contributed by atoms with van der Waals surface area (Å²) in [6.07, 6.45) is 0. The highest BCUT2D eigenvalue weighted by molar-refractivity contribution is 6.99. The second-order valence-electron chi connectivity index (χ2n) is 10.7. The molecule has 4 aromatic rings. The van der Waals surface area contributed by atoms with Crippen molar-refractivity contribution in [2.24, 2.45) is 0 Å². The van der Waals surface area contributed by atoms with Gasteiger partial charge in [-0.25, -0.2) is 0 Å². The van der Waals surface area contributed by atoms with Crippen LogP contribution in [0.25, 0.3) is 0 Å². The first kappa shape index (κ1) is 30.1. The Balaban J connectivity index is 1.82. The van der Waals surface area contributed by atoms with Crippen molar-refractivity contribution in [3.63, 3.8) is 0 Å². The molecule has 212 valence electrons. The van der Waals surface area contributed by atoms with Gasteiger partial charge in [-0.2, -0.15) is 0 Å². The third-order valence-corrected chi connectivity index (χ3v) is 11.9. The summed E-state index contributed by atoms with van der Waals surface area (Å²) in [5.74, 6) is 7.09. The molecule has 0 atom stereocenters. The molecular formula is C35H38O5Si. The molecule has 0 aliphatic heterocycles. The quantitative estimate of drug-likeness (QED) is 0.144. The van der Waals surface area contributed by atoms with Gasteiger partial charge in [-0.3, -0.25) is 0 Å². The lowest BCUT2D eigenvalue weighted by atomic mass is 10.1. The Labute approximate surface area is 244 Å². The maximum absolute atomic E-state index is 9.57. The van der Waals surface area contributed by atoms with Gasteiger partial charge in [-0.1, -0.05) is 124 Å². The molecule has 0 spiro atoms. The maximum atomic E-state index is 9.57. The standard InChI is InChI=1S/C35H38O5Si/c1-35(2,3)41(31-17-10-6-11-18-31,32-19-12-7-13-20-32)40-26-29-23-30(39-27-37-4)24-34(33(29)21-14-22-36)38-25-28-15-8-5-9-16-28/h5-13,15-20,23-24,36H,22,25-27H2,1-4H3. The van der Waals surface area contributed by atoms with E-state index in [9.17, 15) is 5.11 Å². The topological polar surface area (TPSA) is 57.2 Å². The van der Waals surface area contributed by atoms with Crippen LogP contribution in [0.15, 0.2) is 103 Å². The summed E-state index contributed by atoms with van der Waals surface area (Å²) >= 11 is 0. The van der Waals surface area contributed by atoms with E-state index >= 15 is 0 Å². The molecule has 0 aromatic heterocycles. The van der Waals surface area contributed by atoms with Crippen molar-refractivity contribution >= 4 is 18.7 Å². The lowest BCUT2D eigenvalue weighted by Crippen LogP contribution is -2.66. The summed E-state index contributed by atoms with van der Waals surface area (Å²) in [5, 5.41) is 11.8. The van der Waals surface area contributed by atoms with E-state index in [1.54, 1.807) is 7.11 Å². The second kappa shape index (κ2) is 14.2. The first-order valence-corrected chi connectivity index (χ1v) is 15.6. The zero-order chi connectivity index (χ0) is 29.1. The van der Waals surface area contributed by atoms with E-state index < -0.39 is 8.32 Å². The predicted molar refractivity (Wildman–Crippen MR) is 166 cm³/mol. The highest BCUT2D eigenvalue weighted by Gasteiger charge is 2.50.